The quantitative estimate of drug-likeness (QED) is 0.304. The second-order valence-corrected chi connectivity index (χ2v) is 11.3. The molecule has 0 amide bonds. The van der Waals surface area contributed by atoms with Gasteiger partial charge in [-0.25, -0.2) is 9.07 Å². The highest BCUT2D eigenvalue weighted by Crippen LogP contribution is 2.42. The summed E-state index contributed by atoms with van der Waals surface area (Å²) in [5.41, 5.74) is 7.46. The zero-order valence-electron chi connectivity index (χ0n) is 23.1. The van der Waals surface area contributed by atoms with Crippen LogP contribution in [0.1, 0.15) is 55.1 Å². The van der Waals surface area contributed by atoms with E-state index in [1.807, 2.05) is 53.1 Å². The van der Waals surface area contributed by atoms with Gasteiger partial charge in [0, 0.05) is 37.4 Å². The molecule has 8 heteroatoms. The van der Waals surface area contributed by atoms with Gasteiger partial charge in [-0.05, 0) is 93.5 Å². The SMILES string of the molecule is Cc1cc2c3ncc(-c4c(C)nnn4C)cc3n([C@H](c3ccc(F)cc3)C3CCOCC3)c2cc1C(C)(C)O. The predicted molar refractivity (Wildman–Crippen MR) is 150 cm³/mol. The maximum atomic E-state index is 14.1. The molecule has 1 aliphatic rings. The van der Waals surface area contributed by atoms with Crippen LogP contribution in [0.4, 0.5) is 4.39 Å². The highest BCUT2D eigenvalue weighted by molar-refractivity contribution is 6.07. The minimum Gasteiger partial charge on any atom is -0.386 e. The van der Waals surface area contributed by atoms with Crippen LogP contribution in [0.2, 0.25) is 0 Å². The summed E-state index contributed by atoms with van der Waals surface area (Å²) >= 11 is 0. The molecule has 1 saturated heterocycles. The van der Waals surface area contributed by atoms with Gasteiger partial charge in [-0.1, -0.05) is 17.3 Å². The number of benzene rings is 2. The number of aliphatic hydroxyl groups is 1. The van der Waals surface area contributed by atoms with Gasteiger partial charge in [0.25, 0.3) is 0 Å². The van der Waals surface area contributed by atoms with Crippen LogP contribution in [0, 0.1) is 25.6 Å². The van der Waals surface area contributed by atoms with E-state index in [9.17, 15) is 9.50 Å². The van der Waals surface area contributed by atoms with Crippen LogP contribution in [0.5, 0.6) is 0 Å². The Morgan fingerprint density at radius 2 is 1.77 bits per heavy atom. The molecule has 1 aliphatic heterocycles. The maximum absolute atomic E-state index is 14.1. The highest BCUT2D eigenvalue weighted by Gasteiger charge is 2.31. The van der Waals surface area contributed by atoms with Gasteiger partial charge < -0.3 is 14.4 Å². The number of fused-ring (bicyclic) bond motifs is 3. The Morgan fingerprint density at radius 3 is 2.41 bits per heavy atom. The van der Waals surface area contributed by atoms with E-state index in [-0.39, 0.29) is 17.8 Å². The minimum absolute atomic E-state index is 0.0744. The van der Waals surface area contributed by atoms with E-state index < -0.39 is 5.60 Å². The van der Waals surface area contributed by atoms with Gasteiger partial charge in [0.05, 0.1) is 39.6 Å². The minimum atomic E-state index is -1.01. The maximum Gasteiger partial charge on any atom is 0.123 e. The van der Waals surface area contributed by atoms with Gasteiger partial charge in [0.15, 0.2) is 0 Å². The van der Waals surface area contributed by atoms with Crippen molar-refractivity contribution in [3.05, 3.63) is 76.9 Å². The van der Waals surface area contributed by atoms with Gasteiger partial charge in [-0.2, -0.15) is 0 Å². The fraction of sp³-hybridized carbons (Fsp3) is 0.387. The smallest absolute Gasteiger partial charge is 0.123 e. The van der Waals surface area contributed by atoms with Gasteiger partial charge in [-0.3, -0.25) is 4.98 Å². The first-order valence-electron chi connectivity index (χ1n) is 13.5. The molecular weight excluding hydrogens is 493 g/mol. The monoisotopic (exact) mass is 527 g/mol. The van der Waals surface area contributed by atoms with Crippen molar-refractivity contribution in [3.8, 4) is 11.3 Å². The number of halogens is 1. The van der Waals surface area contributed by atoms with Crippen molar-refractivity contribution in [2.75, 3.05) is 13.2 Å². The lowest BCUT2D eigenvalue weighted by molar-refractivity contribution is 0.0552. The molecule has 7 nitrogen and oxygen atoms in total. The Kier molecular flexibility index (Phi) is 6.27. The third-order valence-corrected chi connectivity index (χ3v) is 8.11. The number of pyridine rings is 1. The number of hydrogen-bond acceptors (Lipinski definition) is 5. The van der Waals surface area contributed by atoms with Crippen LogP contribution in [0.15, 0.2) is 48.7 Å². The van der Waals surface area contributed by atoms with Crippen molar-refractivity contribution >= 4 is 21.9 Å². The van der Waals surface area contributed by atoms with Crippen LogP contribution in [0.3, 0.4) is 0 Å². The number of nitrogens with zero attached hydrogens (tertiary/aromatic N) is 5. The third kappa shape index (κ3) is 4.41. The topological polar surface area (TPSA) is 78.0 Å². The fourth-order valence-corrected chi connectivity index (χ4v) is 6.33. The molecule has 6 rings (SSSR count). The normalized spacial score (nSPS) is 15.9. The molecule has 0 radical (unpaired) electrons. The van der Waals surface area contributed by atoms with Crippen molar-refractivity contribution in [2.45, 2.75) is 52.2 Å². The first-order valence-corrected chi connectivity index (χ1v) is 13.5. The molecule has 1 N–H and O–H groups in total. The molecule has 0 spiro atoms. The molecule has 0 aliphatic carbocycles. The lowest BCUT2D eigenvalue weighted by Gasteiger charge is -2.33. The molecule has 0 bridgehead atoms. The lowest BCUT2D eigenvalue weighted by Crippen LogP contribution is -2.27. The lowest BCUT2D eigenvalue weighted by atomic mass is 9.86. The molecule has 5 aromatic rings. The molecule has 3 aromatic heterocycles. The van der Waals surface area contributed by atoms with Gasteiger partial charge in [0.2, 0.25) is 0 Å². The zero-order valence-corrected chi connectivity index (χ0v) is 23.1. The predicted octanol–water partition coefficient (Wildman–Crippen LogP) is 5.98. The van der Waals surface area contributed by atoms with Crippen molar-refractivity contribution in [1.29, 1.82) is 0 Å². The summed E-state index contributed by atoms with van der Waals surface area (Å²) in [4.78, 5) is 5.00. The van der Waals surface area contributed by atoms with Crippen molar-refractivity contribution in [1.82, 2.24) is 24.5 Å². The Labute approximate surface area is 227 Å². The van der Waals surface area contributed by atoms with Gasteiger partial charge >= 0.3 is 0 Å². The second kappa shape index (κ2) is 9.54. The van der Waals surface area contributed by atoms with Crippen LogP contribution >= 0.6 is 0 Å². The molecule has 202 valence electrons. The van der Waals surface area contributed by atoms with E-state index in [1.54, 1.807) is 4.68 Å². The van der Waals surface area contributed by atoms with Crippen LogP contribution in [-0.2, 0) is 17.4 Å². The summed E-state index contributed by atoms with van der Waals surface area (Å²) in [5, 5.41) is 20.6. The van der Waals surface area contributed by atoms with E-state index in [4.69, 9.17) is 9.72 Å². The van der Waals surface area contributed by atoms with E-state index in [0.29, 0.717) is 13.2 Å². The molecule has 2 aromatic carbocycles. The zero-order chi connectivity index (χ0) is 27.5. The Morgan fingerprint density at radius 1 is 1.05 bits per heavy atom. The molecule has 39 heavy (non-hydrogen) atoms. The number of rotatable bonds is 5. The average Bonchev–Trinajstić information content (AvgIpc) is 3.40. The number of aromatic nitrogens is 5. The molecule has 4 heterocycles. The molecule has 0 saturated carbocycles. The van der Waals surface area contributed by atoms with Crippen molar-refractivity contribution in [3.63, 3.8) is 0 Å². The fourth-order valence-electron chi connectivity index (χ4n) is 6.33. The van der Waals surface area contributed by atoms with Crippen LogP contribution in [-0.4, -0.2) is 42.9 Å². The third-order valence-electron chi connectivity index (χ3n) is 8.11. The standard InChI is InChI=1S/C31H34FN5O2/c1-18-14-24-26(16-25(18)31(3,4)38)37(27-15-22(17-33-28(24)27)29-19(2)34-35-36(29)5)30(21-10-12-39-13-11-21)20-6-8-23(32)9-7-20/h6-9,14-17,21,30,38H,10-13H2,1-5H3/t30-/m1/s1. The van der Waals surface area contributed by atoms with Gasteiger partial charge in [-0.15, -0.1) is 5.10 Å². The summed E-state index contributed by atoms with van der Waals surface area (Å²) in [6.45, 7) is 9.00. The van der Waals surface area contributed by atoms with E-state index >= 15 is 0 Å². The van der Waals surface area contributed by atoms with E-state index in [2.05, 4.69) is 33.1 Å². The van der Waals surface area contributed by atoms with Crippen LogP contribution in [0.25, 0.3) is 33.2 Å². The number of hydrogen-bond donors (Lipinski definition) is 1. The number of ether oxygens (including phenoxy) is 1. The first kappa shape index (κ1) is 25.6. The average molecular weight is 528 g/mol. The second-order valence-electron chi connectivity index (χ2n) is 11.3. The molecule has 1 atom stereocenters. The first-order chi connectivity index (χ1) is 18.6. The summed E-state index contributed by atoms with van der Waals surface area (Å²) in [7, 11) is 1.89. The number of aryl methyl sites for hydroxylation is 3. The molecular formula is C31H34FN5O2. The summed E-state index contributed by atoms with van der Waals surface area (Å²) < 4.78 is 24.0. The summed E-state index contributed by atoms with van der Waals surface area (Å²) in [6, 6.07) is 13.2. The van der Waals surface area contributed by atoms with Gasteiger partial charge in [0.1, 0.15) is 5.82 Å². The Balaban J connectivity index is 1.71. The largest absolute Gasteiger partial charge is 0.386 e. The van der Waals surface area contributed by atoms with E-state index in [0.717, 1.165) is 68.4 Å². The van der Waals surface area contributed by atoms with Crippen molar-refractivity contribution < 1.29 is 14.2 Å². The summed E-state index contributed by atoms with van der Waals surface area (Å²) in [6.07, 6.45) is 3.68. The Hall–Kier alpha value is -3.62. The molecule has 0 unspecified atom stereocenters. The highest BCUT2D eigenvalue weighted by atomic mass is 19.1. The Bertz CT molecular complexity index is 1650. The molecule has 1 fully saturated rings. The summed E-state index contributed by atoms with van der Waals surface area (Å²) in [5.74, 6) is 0.0217. The van der Waals surface area contributed by atoms with E-state index in [1.165, 1.54) is 12.1 Å². The van der Waals surface area contributed by atoms with Crippen LogP contribution < -0.4 is 0 Å². The van der Waals surface area contributed by atoms with Crippen molar-refractivity contribution in [2.24, 2.45) is 13.0 Å².